The van der Waals surface area contributed by atoms with E-state index in [1.807, 2.05) is 11.3 Å². The number of thiophene rings is 1. The van der Waals surface area contributed by atoms with E-state index in [4.69, 9.17) is 4.98 Å². The molecule has 0 unspecified atom stereocenters. The van der Waals surface area contributed by atoms with Crippen molar-refractivity contribution in [3.05, 3.63) is 78.4 Å². The summed E-state index contributed by atoms with van der Waals surface area (Å²) in [5.74, 6) is 0.506. The van der Waals surface area contributed by atoms with E-state index >= 15 is 0 Å². The van der Waals surface area contributed by atoms with Gasteiger partial charge in [-0.05, 0) is 17.5 Å². The first kappa shape index (κ1) is 15.5. The fourth-order valence-corrected chi connectivity index (χ4v) is 5.26. The summed E-state index contributed by atoms with van der Waals surface area (Å²) >= 11 is 1.91. The van der Waals surface area contributed by atoms with E-state index in [2.05, 4.69) is 86.6 Å². The first-order chi connectivity index (χ1) is 12.7. The lowest BCUT2D eigenvalue weighted by Gasteiger charge is -2.08. The van der Waals surface area contributed by atoms with E-state index in [0.717, 1.165) is 11.2 Å². The van der Waals surface area contributed by atoms with Crippen LogP contribution in [0, 0.1) is 0 Å². The number of benzene rings is 3. The van der Waals surface area contributed by atoms with Gasteiger partial charge in [-0.25, -0.2) is 4.98 Å². The molecule has 0 bridgehead atoms. The Morgan fingerprint density at radius 1 is 0.731 bits per heavy atom. The number of fused-ring (bicyclic) bond motifs is 5. The minimum Gasteiger partial charge on any atom is -0.247 e. The van der Waals surface area contributed by atoms with E-state index in [0.29, 0.717) is 5.92 Å². The van der Waals surface area contributed by atoms with Crippen LogP contribution in [0.1, 0.15) is 25.3 Å². The predicted molar refractivity (Wildman–Crippen MR) is 114 cm³/mol. The summed E-state index contributed by atoms with van der Waals surface area (Å²) in [6.07, 6.45) is 0. The minimum atomic E-state index is 0.506. The smallest absolute Gasteiger partial charge is 0.0802 e. The summed E-state index contributed by atoms with van der Waals surface area (Å²) < 4.78 is 2.74. The van der Waals surface area contributed by atoms with Crippen molar-refractivity contribution in [2.45, 2.75) is 19.8 Å². The molecule has 0 fully saturated rings. The first-order valence-electron chi connectivity index (χ1n) is 9.03. The lowest BCUT2D eigenvalue weighted by Crippen LogP contribution is -1.88. The second kappa shape index (κ2) is 5.93. The van der Waals surface area contributed by atoms with E-state index in [1.165, 1.54) is 36.7 Å². The topological polar surface area (TPSA) is 12.9 Å². The molecule has 3 aromatic carbocycles. The summed E-state index contributed by atoms with van der Waals surface area (Å²) in [6.45, 7) is 4.54. The molecular weight excluding hydrogens is 334 g/mol. The number of aromatic nitrogens is 1. The van der Waals surface area contributed by atoms with Crippen molar-refractivity contribution in [2.75, 3.05) is 0 Å². The molecule has 0 aliphatic heterocycles. The molecule has 126 valence electrons. The lowest BCUT2D eigenvalue weighted by atomic mass is 9.98. The summed E-state index contributed by atoms with van der Waals surface area (Å²) in [5, 5.41) is 3.86. The molecule has 0 spiro atoms. The van der Waals surface area contributed by atoms with Crippen molar-refractivity contribution in [2.24, 2.45) is 0 Å². The van der Waals surface area contributed by atoms with E-state index in [9.17, 15) is 0 Å². The van der Waals surface area contributed by atoms with Crippen LogP contribution < -0.4 is 0 Å². The van der Waals surface area contributed by atoms with Crippen LogP contribution in [-0.2, 0) is 0 Å². The fourth-order valence-electron chi connectivity index (χ4n) is 3.76. The van der Waals surface area contributed by atoms with Gasteiger partial charge in [-0.3, -0.25) is 0 Å². The zero-order valence-electron chi connectivity index (χ0n) is 14.9. The molecule has 5 aromatic rings. The Kier molecular flexibility index (Phi) is 3.54. The van der Waals surface area contributed by atoms with Crippen molar-refractivity contribution in [1.82, 2.24) is 4.98 Å². The Morgan fingerprint density at radius 3 is 2.27 bits per heavy atom. The molecule has 0 N–H and O–H groups in total. The molecule has 0 amide bonds. The maximum Gasteiger partial charge on any atom is 0.0802 e. The van der Waals surface area contributed by atoms with Crippen LogP contribution in [0.2, 0.25) is 0 Å². The average molecular weight is 353 g/mol. The van der Waals surface area contributed by atoms with Crippen LogP contribution in [0.5, 0.6) is 0 Å². The summed E-state index contributed by atoms with van der Waals surface area (Å²) in [6, 6.07) is 25.8. The van der Waals surface area contributed by atoms with Gasteiger partial charge < -0.3 is 0 Å². The van der Waals surface area contributed by atoms with E-state index in [1.54, 1.807) is 0 Å². The van der Waals surface area contributed by atoms with Crippen LogP contribution in [0.4, 0.5) is 0 Å². The van der Waals surface area contributed by atoms with Gasteiger partial charge in [0.25, 0.3) is 0 Å². The SMILES string of the molecule is CC(C)c1cccc2c1sc1c3ccccc3nc(-c3ccccc3)c21. The first-order valence-corrected chi connectivity index (χ1v) is 9.85. The molecule has 26 heavy (non-hydrogen) atoms. The minimum absolute atomic E-state index is 0.506. The molecule has 2 aromatic heterocycles. The number of pyridine rings is 1. The van der Waals surface area contributed by atoms with E-state index < -0.39 is 0 Å². The molecular formula is C24H19NS. The van der Waals surface area contributed by atoms with E-state index in [-0.39, 0.29) is 0 Å². The van der Waals surface area contributed by atoms with Crippen LogP contribution in [0.15, 0.2) is 72.8 Å². The largest absolute Gasteiger partial charge is 0.247 e. The van der Waals surface area contributed by atoms with Crippen LogP contribution >= 0.6 is 11.3 Å². The van der Waals surface area contributed by atoms with Gasteiger partial charge >= 0.3 is 0 Å². The summed E-state index contributed by atoms with van der Waals surface area (Å²) in [4.78, 5) is 5.08. The molecule has 0 saturated carbocycles. The Labute approximate surface area is 156 Å². The number of para-hydroxylation sites is 1. The van der Waals surface area contributed by atoms with Gasteiger partial charge in [0, 0.05) is 31.1 Å². The van der Waals surface area contributed by atoms with Crippen molar-refractivity contribution < 1.29 is 0 Å². The molecule has 0 atom stereocenters. The summed E-state index contributed by atoms with van der Waals surface area (Å²) in [7, 11) is 0. The van der Waals surface area contributed by atoms with Gasteiger partial charge in [0.05, 0.1) is 11.2 Å². The van der Waals surface area contributed by atoms with Crippen molar-refractivity contribution >= 4 is 42.4 Å². The molecule has 0 aliphatic carbocycles. The van der Waals surface area contributed by atoms with Crippen LogP contribution in [0.3, 0.4) is 0 Å². The Bertz CT molecular complexity index is 1250. The molecule has 5 rings (SSSR count). The van der Waals surface area contributed by atoms with Gasteiger partial charge in [0.2, 0.25) is 0 Å². The van der Waals surface area contributed by atoms with Crippen LogP contribution in [0.25, 0.3) is 42.3 Å². The maximum absolute atomic E-state index is 5.08. The Balaban J connectivity index is 2.03. The number of hydrogen-bond acceptors (Lipinski definition) is 2. The normalized spacial score (nSPS) is 11.8. The number of nitrogens with zero attached hydrogens (tertiary/aromatic N) is 1. The standard InChI is InChI=1S/C24H19NS/c1-15(2)17-12-8-13-19-21-22(16-9-4-3-5-10-16)25-20-14-7-6-11-18(20)24(21)26-23(17)19/h3-15H,1-2H3. The molecule has 0 saturated heterocycles. The number of rotatable bonds is 2. The van der Waals surface area contributed by atoms with Gasteiger partial charge in [0.1, 0.15) is 0 Å². The average Bonchev–Trinajstić information content (AvgIpc) is 3.08. The van der Waals surface area contributed by atoms with Crippen molar-refractivity contribution in [3.8, 4) is 11.3 Å². The second-order valence-electron chi connectivity index (χ2n) is 7.03. The maximum atomic E-state index is 5.08. The van der Waals surface area contributed by atoms with Gasteiger partial charge in [-0.2, -0.15) is 0 Å². The monoisotopic (exact) mass is 353 g/mol. The lowest BCUT2D eigenvalue weighted by molar-refractivity contribution is 0.878. The summed E-state index contributed by atoms with van der Waals surface area (Å²) in [5.41, 5.74) is 4.76. The third-order valence-corrected chi connectivity index (χ3v) is 6.32. The number of hydrogen-bond donors (Lipinski definition) is 0. The van der Waals surface area contributed by atoms with Crippen molar-refractivity contribution in [1.29, 1.82) is 0 Å². The third kappa shape index (κ3) is 2.26. The fraction of sp³-hybridized carbons (Fsp3) is 0.125. The highest BCUT2D eigenvalue weighted by molar-refractivity contribution is 7.27. The highest BCUT2D eigenvalue weighted by Gasteiger charge is 2.18. The molecule has 2 heteroatoms. The highest BCUT2D eigenvalue weighted by atomic mass is 32.1. The van der Waals surface area contributed by atoms with Gasteiger partial charge in [-0.15, -0.1) is 11.3 Å². The predicted octanol–water partition coefficient (Wildman–Crippen LogP) is 7.39. The molecule has 0 aliphatic rings. The van der Waals surface area contributed by atoms with Gasteiger partial charge in [-0.1, -0.05) is 80.6 Å². The van der Waals surface area contributed by atoms with Crippen LogP contribution in [-0.4, -0.2) is 4.98 Å². The Hall–Kier alpha value is -2.71. The Morgan fingerprint density at radius 2 is 1.46 bits per heavy atom. The zero-order valence-corrected chi connectivity index (χ0v) is 15.7. The third-order valence-electron chi connectivity index (χ3n) is 5.03. The zero-order chi connectivity index (χ0) is 17.7. The van der Waals surface area contributed by atoms with Gasteiger partial charge in [0.15, 0.2) is 0 Å². The second-order valence-corrected chi connectivity index (χ2v) is 8.05. The highest BCUT2D eigenvalue weighted by Crippen LogP contribution is 2.44. The van der Waals surface area contributed by atoms with Crippen molar-refractivity contribution in [3.63, 3.8) is 0 Å². The molecule has 0 radical (unpaired) electrons. The quantitative estimate of drug-likeness (QED) is 0.322. The molecule has 2 heterocycles. The molecule has 1 nitrogen and oxygen atoms in total.